The van der Waals surface area contributed by atoms with Crippen molar-refractivity contribution in [3.63, 3.8) is 0 Å². The predicted molar refractivity (Wildman–Crippen MR) is 225 cm³/mol. The van der Waals surface area contributed by atoms with Crippen molar-refractivity contribution in [3.05, 3.63) is 147 Å². The maximum atomic E-state index is 10.3. The van der Waals surface area contributed by atoms with Gasteiger partial charge in [0.25, 0.3) is 0 Å². The average molecular weight is 729 g/mol. The van der Waals surface area contributed by atoms with Crippen molar-refractivity contribution in [1.82, 2.24) is 0 Å². The van der Waals surface area contributed by atoms with Gasteiger partial charge < -0.3 is 29.9 Å². The summed E-state index contributed by atoms with van der Waals surface area (Å²) in [6.45, 7) is 20.3. The van der Waals surface area contributed by atoms with E-state index in [1.165, 1.54) is 39.0 Å². The summed E-state index contributed by atoms with van der Waals surface area (Å²) in [5.41, 5.74) is 10.5. The molecule has 292 valence electrons. The molecule has 1 aliphatic heterocycles. The topological polar surface area (TPSA) is 99.4 Å². The first-order valence-electron chi connectivity index (χ1n) is 18.3. The number of aliphatic hydroxyl groups is 4. The van der Waals surface area contributed by atoms with Crippen LogP contribution in [0.25, 0.3) is 6.08 Å². The van der Waals surface area contributed by atoms with Gasteiger partial charge in [-0.3, -0.25) is 0 Å². The van der Waals surface area contributed by atoms with Crippen LogP contribution in [-0.4, -0.2) is 63.3 Å². The number of rotatable bonds is 17. The molecule has 2 rings (SSSR count). The third kappa shape index (κ3) is 17.4. The molecule has 53 heavy (non-hydrogen) atoms. The number of aryl methyl sites for hydroxylation is 2. The highest BCUT2D eigenvalue weighted by molar-refractivity contribution is 5.61. The molecule has 1 fully saturated rings. The number of hydrogen-bond acceptors (Lipinski definition) is 6. The van der Waals surface area contributed by atoms with Gasteiger partial charge in [0.2, 0.25) is 0 Å². The van der Waals surface area contributed by atoms with E-state index in [1.807, 2.05) is 13.8 Å². The van der Waals surface area contributed by atoms with E-state index >= 15 is 0 Å². The minimum Gasteiger partial charge on any atom is -0.394 e. The zero-order valence-electron chi connectivity index (χ0n) is 33.1. The molecule has 6 heteroatoms. The summed E-state index contributed by atoms with van der Waals surface area (Å²) in [5, 5.41) is 39.7. The minimum atomic E-state index is -1.45. The van der Waals surface area contributed by atoms with Gasteiger partial charge in [0, 0.05) is 0 Å². The molecule has 1 aromatic rings. The summed E-state index contributed by atoms with van der Waals surface area (Å²) in [6.07, 6.45) is 27.6. The van der Waals surface area contributed by atoms with Crippen LogP contribution in [0.4, 0.5) is 0 Å². The molecule has 1 heterocycles. The highest BCUT2D eigenvalue weighted by Gasteiger charge is 2.45. The first-order valence-corrected chi connectivity index (χ1v) is 18.3. The van der Waals surface area contributed by atoms with Crippen LogP contribution in [0, 0.1) is 20.8 Å². The summed E-state index contributed by atoms with van der Waals surface area (Å²) >= 11 is 0. The fraction of sp³-hybridized carbons (Fsp3) is 0.447. The Hall–Kier alpha value is -3.62. The Morgan fingerprint density at radius 1 is 0.698 bits per heavy atom. The molecule has 2 unspecified atom stereocenters. The Morgan fingerprint density at radius 3 is 1.74 bits per heavy atom. The number of benzene rings is 1. The normalized spacial score (nSPS) is 23.1. The Balaban J connectivity index is 0.0000140. The van der Waals surface area contributed by atoms with Crippen LogP contribution in [0.2, 0.25) is 0 Å². The fourth-order valence-electron chi connectivity index (χ4n) is 5.56. The van der Waals surface area contributed by atoms with Crippen molar-refractivity contribution >= 4 is 6.08 Å². The molecule has 1 aromatic carbocycles. The number of hydrogen-bond donors (Lipinski definition) is 4. The maximum absolute atomic E-state index is 10.3. The van der Waals surface area contributed by atoms with Gasteiger partial charge in [-0.2, -0.15) is 0 Å². The number of allylic oxidation sites excluding steroid dienone is 19. The van der Waals surface area contributed by atoms with Gasteiger partial charge in [0.05, 0.1) is 12.2 Å². The van der Waals surface area contributed by atoms with Gasteiger partial charge in [-0.25, -0.2) is 0 Å². The van der Waals surface area contributed by atoms with Crippen molar-refractivity contribution in [1.29, 1.82) is 0 Å². The second kappa shape index (κ2) is 23.9. The van der Waals surface area contributed by atoms with E-state index < -0.39 is 42.9 Å². The second-order valence-electron chi connectivity index (χ2n) is 14.6. The van der Waals surface area contributed by atoms with E-state index in [2.05, 4.69) is 159 Å². The van der Waals surface area contributed by atoms with Crippen LogP contribution in [0.5, 0.6) is 0 Å². The SMILES string of the molecule is C.CC(/C=C/C=C(C)/C=C/C=C(\C)CCCC(C)(C)O[C@@H]1O[C@H](CO)[C@@H](O)C(O)C1O)=C\C=C\C=C(C)\C=C\C=C(C)\C=C\c1c(C)ccc(C)c1C. The van der Waals surface area contributed by atoms with Gasteiger partial charge in [-0.15, -0.1) is 0 Å². The zero-order chi connectivity index (χ0) is 38.8. The van der Waals surface area contributed by atoms with Crippen LogP contribution in [-0.2, 0) is 9.47 Å². The molecule has 0 aliphatic carbocycles. The molecule has 6 nitrogen and oxygen atoms in total. The Bertz CT molecular complexity index is 1600. The summed E-state index contributed by atoms with van der Waals surface area (Å²) in [5.74, 6) is 0. The smallest absolute Gasteiger partial charge is 0.187 e. The summed E-state index contributed by atoms with van der Waals surface area (Å²) in [7, 11) is 0. The van der Waals surface area contributed by atoms with Crippen LogP contribution in [0.1, 0.15) is 97.4 Å². The first-order chi connectivity index (χ1) is 24.5. The highest BCUT2D eigenvalue weighted by Crippen LogP contribution is 2.28. The van der Waals surface area contributed by atoms with E-state index in [0.717, 1.165) is 24.0 Å². The summed E-state index contributed by atoms with van der Waals surface area (Å²) in [6, 6.07) is 4.36. The van der Waals surface area contributed by atoms with Gasteiger partial charge in [0.15, 0.2) is 6.29 Å². The van der Waals surface area contributed by atoms with E-state index in [4.69, 9.17) is 9.47 Å². The lowest BCUT2D eigenvalue weighted by Gasteiger charge is -2.42. The molecule has 0 saturated carbocycles. The van der Waals surface area contributed by atoms with Crippen LogP contribution < -0.4 is 0 Å². The van der Waals surface area contributed by atoms with E-state index in [-0.39, 0.29) is 7.43 Å². The van der Waals surface area contributed by atoms with Crippen molar-refractivity contribution in [3.8, 4) is 0 Å². The van der Waals surface area contributed by atoms with E-state index in [1.54, 1.807) is 0 Å². The highest BCUT2D eigenvalue weighted by atomic mass is 16.7. The second-order valence-corrected chi connectivity index (χ2v) is 14.6. The molecule has 0 radical (unpaired) electrons. The quantitative estimate of drug-likeness (QED) is 0.119. The minimum absolute atomic E-state index is 0. The molecule has 0 bridgehead atoms. The molecule has 5 atom stereocenters. The molecule has 0 aromatic heterocycles. The molecule has 4 N–H and O–H groups in total. The predicted octanol–water partition coefficient (Wildman–Crippen LogP) is 9.98. The molecular weight excluding hydrogens is 661 g/mol. The standard InChI is InChI=1S/C46H64O6.CH4/c1-32(17-11-12-18-33(2)20-15-24-36(5)26-29-40-38(7)28-27-37(6)39(40)8)19-13-21-34(3)22-14-23-35(4)25-16-30-46(9,10)52-45-44(50)43(49)42(48)41(31-47)51-45;/h11-15,17-24,26-29,41-45,47-50H,16,25,30-31H2,1-10H3;1H4/b12-11+,19-13+,20-15+,22-14+,29-26+,32-17+,33-18+,34-21+,35-23+,36-24+;/t41-,42-,43?,44?,45+;/m1./s1. The van der Waals surface area contributed by atoms with Gasteiger partial charge in [-0.1, -0.05) is 139 Å². The third-order valence-corrected chi connectivity index (χ3v) is 9.16. The fourth-order valence-corrected chi connectivity index (χ4v) is 5.56. The number of ether oxygens (including phenoxy) is 2. The van der Waals surface area contributed by atoms with Gasteiger partial charge in [-0.05, 0) is 111 Å². The summed E-state index contributed by atoms with van der Waals surface area (Å²) in [4.78, 5) is 0. The van der Waals surface area contributed by atoms with Gasteiger partial charge in [0.1, 0.15) is 24.4 Å². The Morgan fingerprint density at radius 2 is 1.19 bits per heavy atom. The molecule has 1 saturated heterocycles. The summed E-state index contributed by atoms with van der Waals surface area (Å²) < 4.78 is 11.5. The molecular formula is C47H68O6. The van der Waals surface area contributed by atoms with Crippen LogP contribution >= 0.6 is 0 Å². The Labute approximate surface area is 321 Å². The number of aliphatic hydroxyl groups excluding tert-OH is 4. The van der Waals surface area contributed by atoms with Crippen molar-refractivity contribution < 1.29 is 29.9 Å². The lowest BCUT2D eigenvalue weighted by atomic mass is 9.96. The molecule has 0 spiro atoms. The third-order valence-electron chi connectivity index (χ3n) is 9.16. The van der Waals surface area contributed by atoms with Crippen molar-refractivity contribution in [2.24, 2.45) is 0 Å². The molecule has 1 aliphatic rings. The monoisotopic (exact) mass is 729 g/mol. The van der Waals surface area contributed by atoms with Crippen LogP contribution in [0.15, 0.2) is 125 Å². The van der Waals surface area contributed by atoms with E-state index in [9.17, 15) is 20.4 Å². The molecule has 0 amide bonds. The maximum Gasteiger partial charge on any atom is 0.187 e. The first kappa shape index (κ1) is 47.4. The van der Waals surface area contributed by atoms with Crippen molar-refractivity contribution in [2.75, 3.05) is 6.61 Å². The van der Waals surface area contributed by atoms with Gasteiger partial charge >= 0.3 is 0 Å². The largest absolute Gasteiger partial charge is 0.394 e. The van der Waals surface area contributed by atoms with Crippen molar-refractivity contribution in [2.45, 2.75) is 132 Å². The lowest BCUT2D eigenvalue weighted by molar-refractivity contribution is -0.323. The average Bonchev–Trinajstić information content (AvgIpc) is 3.08. The lowest BCUT2D eigenvalue weighted by Crippen LogP contribution is -2.60. The van der Waals surface area contributed by atoms with Crippen LogP contribution in [0.3, 0.4) is 0 Å². The van der Waals surface area contributed by atoms with E-state index in [0.29, 0.717) is 6.42 Å². The zero-order valence-corrected chi connectivity index (χ0v) is 33.1. The Kier molecular flexibility index (Phi) is 21.4.